The summed E-state index contributed by atoms with van der Waals surface area (Å²) in [5.41, 5.74) is 1.73. The van der Waals surface area contributed by atoms with Crippen molar-refractivity contribution in [1.29, 1.82) is 0 Å². The van der Waals surface area contributed by atoms with E-state index in [1.54, 1.807) is 16.7 Å². The Morgan fingerprint density at radius 3 is 2.73 bits per heavy atom. The number of hydrogen-bond donors (Lipinski definition) is 2. The van der Waals surface area contributed by atoms with Crippen molar-refractivity contribution in [3.05, 3.63) is 29.3 Å². The molecule has 3 rings (SSSR count). The topological polar surface area (TPSA) is 72.9 Å². The number of piperidine rings is 1. The van der Waals surface area contributed by atoms with Gasteiger partial charge in [-0.2, -0.15) is 0 Å². The van der Waals surface area contributed by atoms with Gasteiger partial charge in [0.2, 0.25) is 5.91 Å². The zero-order valence-corrected chi connectivity index (χ0v) is 16.2. The summed E-state index contributed by atoms with van der Waals surface area (Å²) in [6.07, 6.45) is 0.170. The van der Waals surface area contributed by atoms with Crippen LogP contribution >= 0.6 is 11.8 Å². The summed E-state index contributed by atoms with van der Waals surface area (Å²) in [5.74, 6) is 0.631. The van der Waals surface area contributed by atoms with Gasteiger partial charge in [0, 0.05) is 29.3 Å². The van der Waals surface area contributed by atoms with Crippen LogP contribution in [0, 0.1) is 0 Å². The molecule has 0 radical (unpaired) electrons. The molecule has 2 unspecified atom stereocenters. The number of nitrogens with one attached hydrogen (secondary N) is 1. The van der Waals surface area contributed by atoms with Gasteiger partial charge in [-0.3, -0.25) is 9.59 Å². The lowest BCUT2D eigenvalue weighted by Gasteiger charge is -2.32. The second kappa shape index (κ2) is 8.41. The fourth-order valence-corrected chi connectivity index (χ4v) is 4.71. The van der Waals surface area contributed by atoms with Gasteiger partial charge >= 0.3 is 0 Å². The van der Waals surface area contributed by atoms with Crippen LogP contribution in [0.25, 0.3) is 0 Å². The molecule has 0 aromatic heterocycles. The van der Waals surface area contributed by atoms with Crippen LogP contribution in [-0.2, 0) is 11.3 Å². The van der Waals surface area contributed by atoms with Crippen molar-refractivity contribution in [2.75, 3.05) is 25.4 Å². The lowest BCUT2D eigenvalue weighted by molar-refractivity contribution is -0.132. The van der Waals surface area contributed by atoms with Crippen LogP contribution in [0.15, 0.2) is 23.1 Å². The molecule has 142 valence electrons. The van der Waals surface area contributed by atoms with Crippen LogP contribution < -0.4 is 5.32 Å². The third-order valence-electron chi connectivity index (χ3n) is 5.21. The fraction of sp³-hybridized carbons (Fsp3) is 0.579. The number of thioether (sulfide) groups is 1. The van der Waals surface area contributed by atoms with Crippen molar-refractivity contribution in [3.8, 4) is 0 Å². The molecular formula is C19H27N3O3S. The third-order valence-corrected chi connectivity index (χ3v) is 6.29. The highest BCUT2D eigenvalue weighted by Gasteiger charge is 2.39. The molecule has 1 fully saturated rings. The molecule has 2 heterocycles. The highest BCUT2D eigenvalue weighted by Crippen LogP contribution is 2.34. The number of rotatable bonds is 7. The highest BCUT2D eigenvalue weighted by molar-refractivity contribution is 7.99. The van der Waals surface area contributed by atoms with Crippen LogP contribution in [0.1, 0.15) is 42.6 Å². The Morgan fingerprint density at radius 2 is 2.04 bits per heavy atom. The molecule has 1 aromatic rings. The summed E-state index contributed by atoms with van der Waals surface area (Å²) in [5, 5.41) is 12.1. The van der Waals surface area contributed by atoms with Crippen molar-refractivity contribution in [2.45, 2.75) is 50.4 Å². The van der Waals surface area contributed by atoms with Gasteiger partial charge < -0.3 is 20.2 Å². The van der Waals surface area contributed by atoms with E-state index in [9.17, 15) is 14.7 Å². The van der Waals surface area contributed by atoms with Gasteiger partial charge in [0.15, 0.2) is 0 Å². The molecule has 0 spiro atoms. The summed E-state index contributed by atoms with van der Waals surface area (Å²) < 4.78 is 0. The second-order valence-electron chi connectivity index (χ2n) is 6.71. The molecule has 0 saturated carbocycles. The molecule has 7 heteroatoms. The Bertz CT molecular complexity index is 678. The molecule has 1 saturated heterocycles. The molecule has 6 nitrogen and oxygen atoms in total. The van der Waals surface area contributed by atoms with E-state index in [0.717, 1.165) is 35.8 Å². The average molecular weight is 378 g/mol. The monoisotopic (exact) mass is 377 g/mol. The van der Waals surface area contributed by atoms with E-state index in [1.165, 1.54) is 0 Å². The molecule has 2 aliphatic rings. The van der Waals surface area contributed by atoms with Crippen molar-refractivity contribution in [3.63, 3.8) is 0 Å². The predicted octanol–water partition coefficient (Wildman–Crippen LogP) is 1.67. The van der Waals surface area contributed by atoms with E-state index in [-0.39, 0.29) is 11.8 Å². The highest BCUT2D eigenvalue weighted by atomic mass is 32.2. The quantitative estimate of drug-likeness (QED) is 0.707. The van der Waals surface area contributed by atoms with Crippen molar-refractivity contribution in [1.82, 2.24) is 15.1 Å². The van der Waals surface area contributed by atoms with E-state index in [2.05, 4.69) is 30.1 Å². The van der Waals surface area contributed by atoms with Gasteiger partial charge in [-0.1, -0.05) is 19.9 Å². The Morgan fingerprint density at radius 1 is 1.27 bits per heavy atom. The molecular weight excluding hydrogens is 350 g/mol. The van der Waals surface area contributed by atoms with E-state index in [4.69, 9.17) is 0 Å². The molecule has 2 aliphatic heterocycles. The summed E-state index contributed by atoms with van der Waals surface area (Å²) >= 11 is 1.78. The molecule has 2 N–H and O–H groups in total. The second-order valence-corrected chi connectivity index (χ2v) is 7.84. The molecule has 2 atom stereocenters. The van der Waals surface area contributed by atoms with Crippen molar-refractivity contribution >= 4 is 23.6 Å². The maximum atomic E-state index is 12.8. The Balaban J connectivity index is 1.70. The zero-order chi connectivity index (χ0) is 18.7. The largest absolute Gasteiger partial charge is 0.374 e. The Kier molecular flexibility index (Phi) is 6.21. The lowest BCUT2D eigenvalue weighted by Crippen LogP contribution is -2.54. The maximum absolute atomic E-state index is 12.8. The van der Waals surface area contributed by atoms with E-state index in [1.807, 2.05) is 12.1 Å². The molecule has 2 amide bonds. The van der Waals surface area contributed by atoms with Gasteiger partial charge in [0.25, 0.3) is 5.91 Å². The van der Waals surface area contributed by atoms with Gasteiger partial charge in [0.05, 0.1) is 0 Å². The number of aliphatic hydroxyl groups is 1. The van der Waals surface area contributed by atoms with Crippen LogP contribution in [-0.4, -0.2) is 64.4 Å². The SMILES string of the molecule is CCN(CC)CCSc1cccc2c1CN(C1CCC(O)NC1=O)C2=O. The number of carbonyl (C=O) groups is 2. The third kappa shape index (κ3) is 3.89. The number of benzene rings is 1. The van der Waals surface area contributed by atoms with E-state index >= 15 is 0 Å². The van der Waals surface area contributed by atoms with Crippen molar-refractivity contribution in [2.24, 2.45) is 0 Å². The maximum Gasteiger partial charge on any atom is 0.255 e. The standard InChI is InChI=1S/C19H27N3O3S/c1-3-21(4-2)10-11-26-16-7-5-6-13-14(16)12-22(19(13)25)15-8-9-17(23)20-18(15)24/h5-7,15,17,23H,3-4,8-12H2,1-2H3,(H,20,24). The predicted molar refractivity (Wildman–Crippen MR) is 102 cm³/mol. The number of carbonyl (C=O) groups excluding carboxylic acids is 2. The zero-order valence-electron chi connectivity index (χ0n) is 15.4. The van der Waals surface area contributed by atoms with Gasteiger partial charge in [0.1, 0.15) is 12.3 Å². The van der Waals surface area contributed by atoms with Crippen LogP contribution in [0.5, 0.6) is 0 Å². The number of fused-ring (bicyclic) bond motifs is 1. The first-order chi connectivity index (χ1) is 12.5. The molecule has 0 aliphatic carbocycles. The number of aliphatic hydroxyl groups excluding tert-OH is 1. The molecule has 0 bridgehead atoms. The average Bonchev–Trinajstić information content (AvgIpc) is 2.96. The summed E-state index contributed by atoms with van der Waals surface area (Å²) in [4.78, 5) is 30.2. The van der Waals surface area contributed by atoms with E-state index < -0.39 is 12.3 Å². The van der Waals surface area contributed by atoms with Crippen LogP contribution in [0.4, 0.5) is 0 Å². The van der Waals surface area contributed by atoms with Gasteiger partial charge in [-0.15, -0.1) is 11.8 Å². The van der Waals surface area contributed by atoms with Gasteiger partial charge in [-0.05, 0) is 43.6 Å². The minimum absolute atomic E-state index is 0.0808. The minimum atomic E-state index is -0.801. The number of hydrogen-bond acceptors (Lipinski definition) is 5. The fourth-order valence-electron chi connectivity index (χ4n) is 3.61. The van der Waals surface area contributed by atoms with Crippen LogP contribution in [0.3, 0.4) is 0 Å². The molecule has 26 heavy (non-hydrogen) atoms. The Labute approximate surface area is 158 Å². The lowest BCUT2D eigenvalue weighted by atomic mass is 10.0. The van der Waals surface area contributed by atoms with Gasteiger partial charge in [-0.25, -0.2) is 0 Å². The van der Waals surface area contributed by atoms with Crippen molar-refractivity contribution < 1.29 is 14.7 Å². The summed E-state index contributed by atoms with van der Waals surface area (Å²) in [6.45, 7) is 7.89. The first-order valence-electron chi connectivity index (χ1n) is 9.31. The normalized spacial score (nSPS) is 22.7. The summed E-state index contributed by atoms with van der Waals surface area (Å²) in [7, 11) is 0. The smallest absolute Gasteiger partial charge is 0.255 e. The molecule has 1 aromatic carbocycles. The summed E-state index contributed by atoms with van der Waals surface area (Å²) in [6, 6.07) is 5.34. The number of amides is 2. The number of nitrogens with zero attached hydrogens (tertiary/aromatic N) is 2. The first kappa shape index (κ1) is 19.2. The van der Waals surface area contributed by atoms with E-state index in [0.29, 0.717) is 24.9 Å². The van der Waals surface area contributed by atoms with Crippen LogP contribution in [0.2, 0.25) is 0 Å². The minimum Gasteiger partial charge on any atom is -0.374 e. The first-order valence-corrected chi connectivity index (χ1v) is 10.3. The Hall–Kier alpha value is -1.57.